The summed E-state index contributed by atoms with van der Waals surface area (Å²) < 4.78 is 5.82. The monoisotopic (exact) mass is 386 g/mol. The molecule has 0 saturated carbocycles. The molecule has 0 spiro atoms. The Morgan fingerprint density at radius 1 is 1.17 bits per heavy atom. The Morgan fingerprint density at radius 3 is 2.62 bits per heavy atom. The van der Waals surface area contributed by atoms with Gasteiger partial charge in [-0.05, 0) is 55.0 Å². The van der Waals surface area contributed by atoms with Crippen LogP contribution in [0.1, 0.15) is 22.5 Å². The van der Waals surface area contributed by atoms with Gasteiger partial charge in [0.05, 0.1) is 17.1 Å². The van der Waals surface area contributed by atoms with E-state index in [9.17, 15) is 9.59 Å². The fourth-order valence-corrected chi connectivity index (χ4v) is 3.22. The summed E-state index contributed by atoms with van der Waals surface area (Å²) in [6.45, 7) is 0.636. The van der Waals surface area contributed by atoms with E-state index in [0.717, 1.165) is 5.39 Å². The molecule has 144 valence electrons. The number of pyridine rings is 1. The normalized spacial score (nSPS) is 15.9. The number of fused-ring (bicyclic) bond motifs is 1. The number of rotatable bonds is 4. The number of nitriles is 1. The van der Waals surface area contributed by atoms with Crippen LogP contribution >= 0.6 is 0 Å². The van der Waals surface area contributed by atoms with Crippen LogP contribution in [0.2, 0.25) is 0 Å². The first kappa shape index (κ1) is 18.4. The fraction of sp³-hybridized carbons (Fsp3) is 0.182. The van der Waals surface area contributed by atoms with Gasteiger partial charge in [-0.1, -0.05) is 6.07 Å². The maximum absolute atomic E-state index is 12.5. The van der Waals surface area contributed by atoms with Crippen LogP contribution in [-0.2, 0) is 4.79 Å². The van der Waals surface area contributed by atoms with E-state index in [-0.39, 0.29) is 17.5 Å². The molecule has 0 radical (unpaired) electrons. The third kappa shape index (κ3) is 3.87. The lowest BCUT2D eigenvalue weighted by Gasteiger charge is -2.12. The first-order valence-corrected chi connectivity index (χ1v) is 9.18. The Kier molecular flexibility index (Phi) is 4.83. The van der Waals surface area contributed by atoms with Crippen molar-refractivity contribution in [3.8, 4) is 17.6 Å². The van der Waals surface area contributed by atoms with Gasteiger partial charge in [-0.3, -0.25) is 9.59 Å². The molecule has 1 N–H and O–H groups in total. The highest BCUT2D eigenvalue weighted by atomic mass is 16.5. The van der Waals surface area contributed by atoms with Crippen molar-refractivity contribution in [1.82, 2.24) is 15.2 Å². The number of hydrogen-bond acceptors (Lipinski definition) is 5. The van der Waals surface area contributed by atoms with Gasteiger partial charge in [0.25, 0.3) is 5.91 Å². The van der Waals surface area contributed by atoms with Gasteiger partial charge in [0.2, 0.25) is 5.91 Å². The van der Waals surface area contributed by atoms with Crippen molar-refractivity contribution in [2.45, 2.75) is 12.5 Å². The van der Waals surface area contributed by atoms with E-state index in [1.165, 1.54) is 0 Å². The molecule has 29 heavy (non-hydrogen) atoms. The van der Waals surface area contributed by atoms with Gasteiger partial charge in [0, 0.05) is 19.0 Å². The van der Waals surface area contributed by atoms with Crippen molar-refractivity contribution in [3.63, 3.8) is 0 Å². The molecule has 1 atom stereocenters. The summed E-state index contributed by atoms with van der Waals surface area (Å²) in [4.78, 5) is 30.4. The van der Waals surface area contributed by atoms with Gasteiger partial charge in [-0.15, -0.1) is 0 Å². The van der Waals surface area contributed by atoms with E-state index in [2.05, 4.69) is 16.4 Å². The Labute approximate surface area is 167 Å². The molecule has 7 heteroatoms. The van der Waals surface area contributed by atoms with Crippen LogP contribution in [0.5, 0.6) is 11.5 Å². The fourth-order valence-electron chi connectivity index (χ4n) is 3.22. The van der Waals surface area contributed by atoms with E-state index in [4.69, 9.17) is 10.00 Å². The van der Waals surface area contributed by atoms with E-state index in [1.54, 1.807) is 60.5 Å². The van der Waals surface area contributed by atoms with Crippen molar-refractivity contribution in [3.05, 3.63) is 65.9 Å². The minimum atomic E-state index is -0.492. The third-order valence-corrected chi connectivity index (χ3v) is 4.85. The number of carbonyl (C=O) groups is 2. The number of aromatic nitrogens is 1. The first-order chi connectivity index (χ1) is 14.0. The maximum atomic E-state index is 12.5. The highest BCUT2D eigenvalue weighted by molar-refractivity contribution is 5.98. The smallest absolute Gasteiger partial charge is 0.270 e. The van der Waals surface area contributed by atoms with Crippen LogP contribution in [0, 0.1) is 11.3 Å². The molecule has 1 aromatic heterocycles. The van der Waals surface area contributed by atoms with E-state index in [1.807, 2.05) is 6.07 Å². The molecular weight excluding hydrogens is 368 g/mol. The summed E-state index contributed by atoms with van der Waals surface area (Å²) in [7, 11) is 1.72. The molecule has 2 aromatic carbocycles. The van der Waals surface area contributed by atoms with Gasteiger partial charge < -0.3 is 15.0 Å². The SMILES string of the molecule is CN1CC[C@@H](NC(=O)c2ccc3cc(Oc4ccc(C#N)cc4)ccc3n2)C1=O. The van der Waals surface area contributed by atoms with Crippen LogP contribution < -0.4 is 10.1 Å². The Balaban J connectivity index is 1.50. The Morgan fingerprint density at radius 2 is 1.93 bits per heavy atom. The molecule has 4 rings (SSSR count). The molecule has 3 aromatic rings. The van der Waals surface area contributed by atoms with Crippen LogP contribution in [0.3, 0.4) is 0 Å². The minimum absolute atomic E-state index is 0.0799. The summed E-state index contributed by atoms with van der Waals surface area (Å²) in [5.74, 6) is 0.807. The van der Waals surface area contributed by atoms with Gasteiger partial charge in [0.15, 0.2) is 0 Å². The Hall–Kier alpha value is -3.92. The summed E-state index contributed by atoms with van der Waals surface area (Å²) in [5.41, 5.74) is 1.48. The summed E-state index contributed by atoms with van der Waals surface area (Å²) >= 11 is 0. The molecule has 0 bridgehead atoms. The number of ether oxygens (including phenoxy) is 1. The highest BCUT2D eigenvalue weighted by Crippen LogP contribution is 2.25. The lowest BCUT2D eigenvalue weighted by atomic mass is 10.1. The third-order valence-electron chi connectivity index (χ3n) is 4.85. The zero-order chi connectivity index (χ0) is 20.4. The topological polar surface area (TPSA) is 95.3 Å². The maximum Gasteiger partial charge on any atom is 0.270 e. The second-order valence-electron chi connectivity index (χ2n) is 6.86. The number of carbonyl (C=O) groups excluding carboxylic acids is 2. The molecular formula is C22H18N4O3. The second kappa shape index (κ2) is 7.60. The number of likely N-dealkylation sites (tertiary alicyclic amines) is 1. The summed E-state index contributed by atoms with van der Waals surface area (Å²) in [5, 5.41) is 12.4. The molecule has 1 aliphatic heterocycles. The van der Waals surface area contributed by atoms with Crippen LogP contribution in [0.25, 0.3) is 10.9 Å². The second-order valence-corrected chi connectivity index (χ2v) is 6.86. The molecule has 0 aliphatic carbocycles. The standard InChI is InChI=1S/C22H18N4O3/c1-26-11-10-20(22(26)28)25-21(27)19-8-4-15-12-17(7-9-18(15)24-19)29-16-5-2-14(13-23)3-6-16/h2-9,12,20H,10-11H2,1H3,(H,25,27)/t20-/m1/s1. The molecule has 7 nitrogen and oxygen atoms in total. The highest BCUT2D eigenvalue weighted by Gasteiger charge is 2.30. The van der Waals surface area contributed by atoms with E-state index >= 15 is 0 Å². The molecule has 0 unspecified atom stereocenters. The van der Waals surface area contributed by atoms with Gasteiger partial charge in [-0.2, -0.15) is 5.26 Å². The zero-order valence-corrected chi connectivity index (χ0v) is 15.8. The lowest BCUT2D eigenvalue weighted by Crippen LogP contribution is -2.40. The molecule has 2 amide bonds. The summed E-state index contributed by atoms with van der Waals surface area (Å²) in [6.07, 6.45) is 0.602. The number of benzene rings is 2. The Bertz CT molecular complexity index is 1130. The lowest BCUT2D eigenvalue weighted by molar-refractivity contribution is -0.128. The zero-order valence-electron chi connectivity index (χ0n) is 15.8. The molecule has 1 fully saturated rings. The summed E-state index contributed by atoms with van der Waals surface area (Å²) in [6, 6.07) is 17.2. The minimum Gasteiger partial charge on any atom is -0.457 e. The van der Waals surface area contributed by atoms with Crippen molar-refractivity contribution in [1.29, 1.82) is 5.26 Å². The van der Waals surface area contributed by atoms with Gasteiger partial charge in [0.1, 0.15) is 23.2 Å². The average molecular weight is 386 g/mol. The molecule has 1 aliphatic rings. The van der Waals surface area contributed by atoms with Crippen LogP contribution in [-0.4, -0.2) is 41.3 Å². The van der Waals surface area contributed by atoms with Crippen LogP contribution in [0.4, 0.5) is 0 Å². The first-order valence-electron chi connectivity index (χ1n) is 9.18. The number of likely N-dealkylation sites (N-methyl/N-ethyl adjacent to an activating group) is 1. The van der Waals surface area contributed by atoms with E-state index in [0.29, 0.717) is 35.5 Å². The number of hydrogen-bond donors (Lipinski definition) is 1. The van der Waals surface area contributed by atoms with Crippen molar-refractivity contribution < 1.29 is 14.3 Å². The molecule has 1 saturated heterocycles. The van der Waals surface area contributed by atoms with Gasteiger partial charge >= 0.3 is 0 Å². The predicted octanol–water partition coefficient (Wildman–Crippen LogP) is 2.86. The largest absolute Gasteiger partial charge is 0.457 e. The predicted molar refractivity (Wildman–Crippen MR) is 106 cm³/mol. The number of amides is 2. The molecule has 2 heterocycles. The number of nitrogens with zero attached hydrogens (tertiary/aromatic N) is 3. The quantitative estimate of drug-likeness (QED) is 0.744. The van der Waals surface area contributed by atoms with Crippen LogP contribution in [0.15, 0.2) is 54.6 Å². The van der Waals surface area contributed by atoms with E-state index < -0.39 is 6.04 Å². The average Bonchev–Trinajstić information content (AvgIpc) is 3.06. The van der Waals surface area contributed by atoms with Crippen molar-refractivity contribution >= 4 is 22.7 Å². The van der Waals surface area contributed by atoms with Crippen molar-refractivity contribution in [2.75, 3.05) is 13.6 Å². The van der Waals surface area contributed by atoms with Gasteiger partial charge in [-0.25, -0.2) is 4.98 Å². The van der Waals surface area contributed by atoms with Crippen molar-refractivity contribution in [2.24, 2.45) is 0 Å². The number of nitrogens with one attached hydrogen (secondary N) is 1.